The molecule has 1 aromatic carbocycles. The number of hydrogen-bond acceptors (Lipinski definition) is 4. The van der Waals surface area contributed by atoms with Crippen LogP contribution in [0.25, 0.3) is 0 Å². The molecule has 0 saturated heterocycles. The number of rotatable bonds is 9. The number of para-hydroxylation sites is 1. The van der Waals surface area contributed by atoms with Crippen LogP contribution in [0.15, 0.2) is 46.7 Å². The summed E-state index contributed by atoms with van der Waals surface area (Å²) in [5, 5.41) is 7.92. The molecule has 0 fully saturated rings. The molecule has 2 aromatic rings. The number of amides is 2. The molecule has 3 N–H and O–H groups in total. The minimum Gasteiger partial charge on any atom is -0.351 e. The highest BCUT2D eigenvalue weighted by Crippen LogP contribution is 2.24. The van der Waals surface area contributed by atoms with Gasteiger partial charge in [-0.2, -0.15) is 0 Å². The summed E-state index contributed by atoms with van der Waals surface area (Å²) in [5.74, 6) is -0.126. The molecule has 0 aliphatic carbocycles. The van der Waals surface area contributed by atoms with Crippen molar-refractivity contribution >= 4 is 40.6 Å². The van der Waals surface area contributed by atoms with Crippen molar-refractivity contribution in [1.29, 1.82) is 0 Å². The monoisotopic (exact) mass is 392 g/mol. The minimum atomic E-state index is -0.292. The fraction of sp³-hybridized carbons (Fsp3) is 0.368. The van der Waals surface area contributed by atoms with Gasteiger partial charge in [0.15, 0.2) is 12.6 Å². The number of carbonyl (C=O) groups is 2. The van der Waals surface area contributed by atoms with Gasteiger partial charge in [0.05, 0.1) is 12.7 Å². The Hall–Kier alpha value is -1.83. The zero-order valence-corrected chi connectivity index (χ0v) is 17.0. The van der Waals surface area contributed by atoms with Crippen LogP contribution >= 0.6 is 23.1 Å². The summed E-state index contributed by atoms with van der Waals surface area (Å²) in [6.45, 7) is 2.70. The van der Waals surface area contributed by atoms with Gasteiger partial charge in [-0.05, 0) is 43.2 Å². The van der Waals surface area contributed by atoms with Gasteiger partial charge < -0.3 is 15.5 Å². The van der Waals surface area contributed by atoms with E-state index in [0.717, 1.165) is 21.9 Å². The molecule has 0 bridgehead atoms. The van der Waals surface area contributed by atoms with Crippen LogP contribution in [-0.4, -0.2) is 44.2 Å². The van der Waals surface area contributed by atoms with Gasteiger partial charge in [0.25, 0.3) is 11.8 Å². The highest BCUT2D eigenvalue weighted by atomic mass is 32.2. The summed E-state index contributed by atoms with van der Waals surface area (Å²) < 4.78 is 0. The lowest BCUT2D eigenvalue weighted by Gasteiger charge is -2.21. The first-order valence-corrected chi connectivity index (χ1v) is 10.7. The van der Waals surface area contributed by atoms with E-state index in [1.165, 1.54) is 4.88 Å². The number of thioether (sulfide) groups is 1. The maximum atomic E-state index is 12.3. The second-order valence-electron chi connectivity index (χ2n) is 6.11. The Balaban J connectivity index is 1.78. The first-order chi connectivity index (χ1) is 12.5. The molecular formula is C19H26N3O2S2+. The fourth-order valence-corrected chi connectivity index (χ4v) is 3.75. The van der Waals surface area contributed by atoms with Crippen molar-refractivity contribution in [2.75, 3.05) is 31.7 Å². The quantitative estimate of drug-likeness (QED) is 0.569. The van der Waals surface area contributed by atoms with Crippen LogP contribution in [0.4, 0.5) is 5.69 Å². The lowest BCUT2D eigenvalue weighted by atomic mass is 10.2. The van der Waals surface area contributed by atoms with E-state index in [-0.39, 0.29) is 24.4 Å². The average molecular weight is 393 g/mol. The average Bonchev–Trinajstić information content (AvgIpc) is 3.14. The van der Waals surface area contributed by atoms with Gasteiger partial charge in [0.1, 0.15) is 0 Å². The molecule has 140 valence electrons. The van der Waals surface area contributed by atoms with Gasteiger partial charge in [-0.3, -0.25) is 9.59 Å². The van der Waals surface area contributed by atoms with Gasteiger partial charge in [-0.25, -0.2) is 0 Å². The van der Waals surface area contributed by atoms with Crippen molar-refractivity contribution < 1.29 is 14.5 Å². The molecule has 0 spiro atoms. The van der Waals surface area contributed by atoms with E-state index in [2.05, 4.69) is 16.7 Å². The first kappa shape index (κ1) is 20.5. The van der Waals surface area contributed by atoms with Gasteiger partial charge in [0, 0.05) is 16.3 Å². The zero-order valence-electron chi connectivity index (χ0n) is 15.4. The molecule has 0 radical (unpaired) electrons. The molecule has 0 aliphatic rings. The smallest absolute Gasteiger partial charge is 0.279 e. The fourth-order valence-electron chi connectivity index (χ4n) is 2.49. The Kier molecular flexibility index (Phi) is 8.15. The molecule has 1 unspecified atom stereocenters. The van der Waals surface area contributed by atoms with E-state index in [9.17, 15) is 9.59 Å². The van der Waals surface area contributed by atoms with Gasteiger partial charge in [-0.15, -0.1) is 23.1 Å². The van der Waals surface area contributed by atoms with Crippen molar-refractivity contribution in [3.8, 4) is 0 Å². The van der Waals surface area contributed by atoms with Crippen LogP contribution in [0, 0.1) is 0 Å². The molecular weight excluding hydrogens is 366 g/mol. The number of carbonyl (C=O) groups excluding carboxylic acids is 2. The van der Waals surface area contributed by atoms with Crippen molar-refractivity contribution in [1.82, 2.24) is 5.32 Å². The largest absolute Gasteiger partial charge is 0.351 e. The molecule has 0 saturated carbocycles. The summed E-state index contributed by atoms with van der Waals surface area (Å²) in [5.41, 5.74) is 0.811. The van der Waals surface area contributed by atoms with Gasteiger partial charge in [-0.1, -0.05) is 18.2 Å². The topological polar surface area (TPSA) is 62.6 Å². The van der Waals surface area contributed by atoms with Crippen molar-refractivity contribution in [3.05, 3.63) is 46.7 Å². The predicted molar refractivity (Wildman–Crippen MR) is 109 cm³/mol. The van der Waals surface area contributed by atoms with Crippen LogP contribution < -0.4 is 15.5 Å². The molecule has 5 nitrogen and oxygen atoms in total. The molecule has 0 aliphatic heterocycles. The molecule has 2 atom stereocenters. The number of hydrogen-bond donors (Lipinski definition) is 3. The van der Waals surface area contributed by atoms with E-state index in [1.807, 2.05) is 55.9 Å². The van der Waals surface area contributed by atoms with Crippen LogP contribution in [0.1, 0.15) is 11.8 Å². The zero-order chi connectivity index (χ0) is 18.9. The number of nitrogens with one attached hydrogen (secondary N) is 3. The summed E-state index contributed by atoms with van der Waals surface area (Å²) in [7, 11) is 1.86. The van der Waals surface area contributed by atoms with E-state index >= 15 is 0 Å². The minimum absolute atomic E-state index is 0.0311. The van der Waals surface area contributed by atoms with E-state index in [0.29, 0.717) is 6.54 Å². The van der Waals surface area contributed by atoms with E-state index in [4.69, 9.17) is 0 Å². The second-order valence-corrected chi connectivity index (χ2v) is 7.99. The highest BCUT2D eigenvalue weighted by Gasteiger charge is 2.23. The Bertz CT molecular complexity index is 719. The highest BCUT2D eigenvalue weighted by molar-refractivity contribution is 7.98. The van der Waals surface area contributed by atoms with Crippen LogP contribution in [0.2, 0.25) is 0 Å². The van der Waals surface area contributed by atoms with Crippen LogP contribution in [-0.2, 0) is 16.0 Å². The Morgan fingerprint density at radius 2 is 2.00 bits per heavy atom. The predicted octanol–water partition coefficient (Wildman–Crippen LogP) is 1.67. The number of anilines is 1. The van der Waals surface area contributed by atoms with Crippen molar-refractivity contribution in [2.24, 2.45) is 0 Å². The van der Waals surface area contributed by atoms with E-state index in [1.54, 1.807) is 23.1 Å². The first-order valence-electron chi connectivity index (χ1n) is 8.56. The second kappa shape index (κ2) is 10.4. The van der Waals surface area contributed by atoms with Gasteiger partial charge in [0.2, 0.25) is 0 Å². The van der Waals surface area contributed by atoms with E-state index < -0.39 is 0 Å². The molecule has 2 rings (SSSR count). The standard InChI is InChI=1S/C19H25N3O2S2/c1-14(19(24)20-11-10-15-7-6-12-26-15)22(2)13-18(23)21-16-8-4-5-9-17(16)25-3/h4-9,12,14H,10-11,13H2,1-3H3,(H,20,24)(H,21,23)/p+1/t14-/m1/s1. The van der Waals surface area contributed by atoms with Crippen molar-refractivity contribution in [2.45, 2.75) is 24.3 Å². The lowest BCUT2D eigenvalue weighted by Crippen LogP contribution is -3.15. The van der Waals surface area contributed by atoms with Crippen LogP contribution in [0.3, 0.4) is 0 Å². The Morgan fingerprint density at radius 3 is 2.69 bits per heavy atom. The normalized spacial score (nSPS) is 13.0. The third-order valence-electron chi connectivity index (χ3n) is 4.20. The maximum Gasteiger partial charge on any atom is 0.279 e. The lowest BCUT2D eigenvalue weighted by molar-refractivity contribution is -0.885. The summed E-state index contributed by atoms with van der Waals surface area (Å²) in [6, 6.07) is 11.5. The third kappa shape index (κ3) is 6.16. The Labute approximate surface area is 163 Å². The number of quaternary nitrogens is 1. The SMILES string of the molecule is CSc1ccccc1NC(=O)C[NH+](C)[C@H](C)C(=O)NCCc1cccs1. The van der Waals surface area contributed by atoms with Crippen molar-refractivity contribution in [3.63, 3.8) is 0 Å². The van der Waals surface area contributed by atoms with Crippen LogP contribution in [0.5, 0.6) is 0 Å². The number of benzene rings is 1. The van der Waals surface area contributed by atoms with Gasteiger partial charge >= 0.3 is 0 Å². The number of thiophene rings is 1. The summed E-state index contributed by atoms with van der Waals surface area (Å²) in [6.07, 6.45) is 2.81. The molecule has 1 heterocycles. The molecule has 26 heavy (non-hydrogen) atoms. The third-order valence-corrected chi connectivity index (χ3v) is 5.94. The summed E-state index contributed by atoms with van der Waals surface area (Å²) in [4.78, 5) is 27.7. The summed E-state index contributed by atoms with van der Waals surface area (Å²) >= 11 is 3.28. The molecule has 2 amide bonds. The maximum absolute atomic E-state index is 12.3. The molecule has 7 heteroatoms. The molecule has 1 aromatic heterocycles. The Morgan fingerprint density at radius 1 is 1.23 bits per heavy atom. The number of likely N-dealkylation sites (N-methyl/N-ethyl adjacent to an activating group) is 1.